The first-order chi connectivity index (χ1) is 7.59. The number of amides is 1. The fraction of sp³-hybridized carbons (Fsp3) is 0.154. The van der Waals surface area contributed by atoms with Crippen LogP contribution in [0.15, 0.2) is 36.4 Å². The van der Waals surface area contributed by atoms with Crippen molar-refractivity contribution in [1.82, 2.24) is 4.90 Å². The summed E-state index contributed by atoms with van der Waals surface area (Å²) in [5.41, 5.74) is 0.628. The van der Waals surface area contributed by atoms with Gasteiger partial charge in [-0.15, -0.1) is 0 Å². The minimum atomic E-state index is -0.0368. The second-order valence-electron chi connectivity index (χ2n) is 3.91. The Morgan fingerprint density at radius 3 is 2.62 bits per heavy atom. The maximum atomic E-state index is 11.7. The SMILES string of the molecule is CN(C)C(=O)c1ccc2c(O)cccc2c1. The van der Waals surface area contributed by atoms with E-state index in [2.05, 4.69) is 0 Å². The van der Waals surface area contributed by atoms with Crippen molar-refractivity contribution in [1.29, 1.82) is 0 Å². The Bertz CT molecular complexity index is 547. The highest BCUT2D eigenvalue weighted by molar-refractivity contribution is 5.99. The van der Waals surface area contributed by atoms with Crippen molar-refractivity contribution >= 4 is 16.7 Å². The lowest BCUT2D eigenvalue weighted by molar-refractivity contribution is 0.0828. The van der Waals surface area contributed by atoms with Crippen molar-refractivity contribution in [3.8, 4) is 5.75 Å². The third-order valence-corrected chi connectivity index (χ3v) is 2.51. The largest absolute Gasteiger partial charge is 0.507 e. The van der Waals surface area contributed by atoms with Gasteiger partial charge in [-0.1, -0.05) is 12.1 Å². The summed E-state index contributed by atoms with van der Waals surface area (Å²) in [4.78, 5) is 13.3. The first kappa shape index (κ1) is 10.5. The molecule has 3 nitrogen and oxygen atoms in total. The van der Waals surface area contributed by atoms with Crippen molar-refractivity contribution in [3.63, 3.8) is 0 Å². The van der Waals surface area contributed by atoms with Gasteiger partial charge in [-0.2, -0.15) is 0 Å². The smallest absolute Gasteiger partial charge is 0.253 e. The van der Waals surface area contributed by atoms with Crippen LogP contribution in [-0.2, 0) is 0 Å². The number of carbonyl (C=O) groups excluding carboxylic acids is 1. The number of hydrogen-bond acceptors (Lipinski definition) is 2. The van der Waals surface area contributed by atoms with E-state index < -0.39 is 0 Å². The van der Waals surface area contributed by atoms with Gasteiger partial charge in [-0.05, 0) is 29.7 Å². The zero-order valence-corrected chi connectivity index (χ0v) is 9.27. The van der Waals surface area contributed by atoms with Gasteiger partial charge in [0, 0.05) is 25.0 Å². The summed E-state index contributed by atoms with van der Waals surface area (Å²) in [6.07, 6.45) is 0. The molecule has 0 aromatic heterocycles. The van der Waals surface area contributed by atoms with Gasteiger partial charge in [0.15, 0.2) is 0 Å². The number of phenolic OH excluding ortho intramolecular Hbond substituents is 1. The normalized spacial score (nSPS) is 10.4. The lowest BCUT2D eigenvalue weighted by atomic mass is 10.1. The molecule has 16 heavy (non-hydrogen) atoms. The number of phenols is 1. The maximum absolute atomic E-state index is 11.7. The second-order valence-corrected chi connectivity index (χ2v) is 3.91. The number of carbonyl (C=O) groups is 1. The molecule has 0 radical (unpaired) electrons. The van der Waals surface area contributed by atoms with Gasteiger partial charge in [0.1, 0.15) is 5.75 Å². The van der Waals surface area contributed by atoms with Gasteiger partial charge in [0.05, 0.1) is 0 Å². The molecule has 0 fully saturated rings. The van der Waals surface area contributed by atoms with E-state index in [9.17, 15) is 9.90 Å². The van der Waals surface area contributed by atoms with E-state index in [1.54, 1.807) is 44.4 Å². The maximum Gasteiger partial charge on any atom is 0.253 e. The van der Waals surface area contributed by atoms with Crippen molar-refractivity contribution < 1.29 is 9.90 Å². The van der Waals surface area contributed by atoms with Crippen LogP contribution in [0.4, 0.5) is 0 Å². The molecule has 2 aromatic rings. The third kappa shape index (κ3) is 1.72. The molecule has 1 N–H and O–H groups in total. The van der Waals surface area contributed by atoms with Crippen LogP contribution >= 0.6 is 0 Å². The summed E-state index contributed by atoms with van der Waals surface area (Å²) >= 11 is 0. The summed E-state index contributed by atoms with van der Waals surface area (Å²) in [6.45, 7) is 0. The standard InChI is InChI=1S/C13H13NO2/c1-14(2)13(16)10-6-7-11-9(8-10)4-3-5-12(11)15/h3-8,15H,1-2H3. The number of nitrogens with zero attached hydrogens (tertiary/aromatic N) is 1. The summed E-state index contributed by atoms with van der Waals surface area (Å²) < 4.78 is 0. The van der Waals surface area contributed by atoms with E-state index in [0.29, 0.717) is 5.56 Å². The summed E-state index contributed by atoms with van der Waals surface area (Å²) in [5.74, 6) is 0.201. The molecule has 0 aliphatic carbocycles. The summed E-state index contributed by atoms with van der Waals surface area (Å²) in [6, 6.07) is 10.6. The fourth-order valence-corrected chi connectivity index (χ4v) is 1.66. The molecule has 1 amide bonds. The number of benzene rings is 2. The van der Waals surface area contributed by atoms with Crippen molar-refractivity contribution in [2.75, 3.05) is 14.1 Å². The van der Waals surface area contributed by atoms with Crippen molar-refractivity contribution in [2.45, 2.75) is 0 Å². The molecule has 0 saturated heterocycles. The molecule has 0 saturated carbocycles. The van der Waals surface area contributed by atoms with E-state index >= 15 is 0 Å². The fourth-order valence-electron chi connectivity index (χ4n) is 1.66. The number of fused-ring (bicyclic) bond motifs is 1. The van der Waals surface area contributed by atoms with Crippen LogP contribution in [0.5, 0.6) is 5.75 Å². The zero-order chi connectivity index (χ0) is 11.7. The molecule has 0 heterocycles. The van der Waals surface area contributed by atoms with Gasteiger partial charge in [0.2, 0.25) is 0 Å². The van der Waals surface area contributed by atoms with E-state index in [1.807, 2.05) is 6.07 Å². The zero-order valence-electron chi connectivity index (χ0n) is 9.27. The van der Waals surface area contributed by atoms with Crippen LogP contribution in [0.3, 0.4) is 0 Å². The highest BCUT2D eigenvalue weighted by Gasteiger charge is 2.08. The molecule has 3 heteroatoms. The Labute approximate surface area is 93.9 Å². The van der Waals surface area contributed by atoms with Crippen LogP contribution < -0.4 is 0 Å². The molecule has 0 bridgehead atoms. The highest BCUT2D eigenvalue weighted by atomic mass is 16.3. The van der Waals surface area contributed by atoms with Gasteiger partial charge < -0.3 is 10.0 Å². The Morgan fingerprint density at radius 2 is 1.94 bits per heavy atom. The minimum Gasteiger partial charge on any atom is -0.507 e. The van der Waals surface area contributed by atoms with Crippen LogP contribution in [0.1, 0.15) is 10.4 Å². The summed E-state index contributed by atoms with van der Waals surface area (Å²) in [7, 11) is 3.43. The highest BCUT2D eigenvalue weighted by Crippen LogP contribution is 2.25. The Kier molecular flexibility index (Phi) is 2.52. The quantitative estimate of drug-likeness (QED) is 0.792. The predicted octanol–water partition coefficient (Wildman–Crippen LogP) is 2.25. The molecule has 2 rings (SSSR count). The topological polar surface area (TPSA) is 40.5 Å². The van der Waals surface area contributed by atoms with E-state index in [4.69, 9.17) is 0 Å². The van der Waals surface area contributed by atoms with E-state index in [1.165, 1.54) is 4.90 Å². The lowest BCUT2D eigenvalue weighted by Crippen LogP contribution is -2.21. The number of rotatable bonds is 1. The molecule has 0 atom stereocenters. The van der Waals surface area contributed by atoms with Gasteiger partial charge in [0.25, 0.3) is 5.91 Å². The van der Waals surface area contributed by atoms with Crippen LogP contribution in [-0.4, -0.2) is 30.0 Å². The van der Waals surface area contributed by atoms with Crippen LogP contribution in [0.25, 0.3) is 10.8 Å². The van der Waals surface area contributed by atoms with Gasteiger partial charge in [-0.3, -0.25) is 4.79 Å². The summed E-state index contributed by atoms with van der Waals surface area (Å²) in [5, 5.41) is 11.2. The number of hydrogen-bond donors (Lipinski definition) is 1. The molecule has 2 aromatic carbocycles. The molecule has 0 aliphatic rings. The average molecular weight is 215 g/mol. The van der Waals surface area contributed by atoms with E-state index in [0.717, 1.165) is 10.8 Å². The average Bonchev–Trinajstić information content (AvgIpc) is 2.28. The van der Waals surface area contributed by atoms with Crippen LogP contribution in [0.2, 0.25) is 0 Å². The molecule has 0 unspecified atom stereocenters. The van der Waals surface area contributed by atoms with Gasteiger partial charge >= 0.3 is 0 Å². The first-order valence-electron chi connectivity index (χ1n) is 5.03. The first-order valence-corrected chi connectivity index (χ1v) is 5.03. The molecular weight excluding hydrogens is 202 g/mol. The minimum absolute atomic E-state index is 0.0368. The third-order valence-electron chi connectivity index (χ3n) is 2.51. The Balaban J connectivity index is 2.57. The van der Waals surface area contributed by atoms with E-state index in [-0.39, 0.29) is 11.7 Å². The predicted molar refractivity (Wildman–Crippen MR) is 63.6 cm³/mol. The van der Waals surface area contributed by atoms with Crippen LogP contribution in [0, 0.1) is 0 Å². The molecule has 0 spiro atoms. The molecule has 82 valence electrons. The van der Waals surface area contributed by atoms with Crippen molar-refractivity contribution in [3.05, 3.63) is 42.0 Å². The molecule has 0 aliphatic heterocycles. The second kappa shape index (κ2) is 3.85. The monoisotopic (exact) mass is 215 g/mol. The number of aromatic hydroxyl groups is 1. The van der Waals surface area contributed by atoms with Crippen molar-refractivity contribution in [2.24, 2.45) is 0 Å². The Morgan fingerprint density at radius 1 is 1.19 bits per heavy atom. The lowest BCUT2D eigenvalue weighted by Gasteiger charge is -2.10. The molecular formula is C13H13NO2. The van der Waals surface area contributed by atoms with Gasteiger partial charge in [-0.25, -0.2) is 0 Å². The Hall–Kier alpha value is -2.03.